The molecule has 1 N–H and O–H groups in total. The molecule has 1 atom stereocenters. The van der Waals surface area contributed by atoms with Gasteiger partial charge in [-0.1, -0.05) is 6.92 Å². The van der Waals surface area contributed by atoms with Gasteiger partial charge in [0, 0.05) is 32.9 Å². The summed E-state index contributed by atoms with van der Waals surface area (Å²) in [6, 6.07) is 1.82. The Labute approximate surface area is 119 Å². The number of carbonyl (C=O) groups is 1. The molecule has 1 aromatic rings. The van der Waals surface area contributed by atoms with Crippen LogP contribution in [0.2, 0.25) is 0 Å². The van der Waals surface area contributed by atoms with E-state index in [9.17, 15) is 4.79 Å². The highest BCUT2D eigenvalue weighted by Gasteiger charge is 2.17. The van der Waals surface area contributed by atoms with Crippen LogP contribution in [0.3, 0.4) is 0 Å². The van der Waals surface area contributed by atoms with E-state index in [0.29, 0.717) is 6.54 Å². The lowest BCUT2D eigenvalue weighted by Crippen LogP contribution is -2.32. The predicted octanol–water partition coefficient (Wildman–Crippen LogP) is 1.62. The van der Waals surface area contributed by atoms with Gasteiger partial charge in [0.1, 0.15) is 5.82 Å². The van der Waals surface area contributed by atoms with Crippen LogP contribution in [0, 0.1) is 5.92 Å². The molecular formula is C14H22N4O2. The van der Waals surface area contributed by atoms with Crippen molar-refractivity contribution in [1.82, 2.24) is 9.97 Å². The van der Waals surface area contributed by atoms with E-state index in [-0.39, 0.29) is 0 Å². The zero-order valence-corrected chi connectivity index (χ0v) is 12.1. The van der Waals surface area contributed by atoms with Gasteiger partial charge in [-0.2, -0.15) is 4.98 Å². The molecule has 1 unspecified atom stereocenters. The topological polar surface area (TPSA) is 69.6 Å². The van der Waals surface area contributed by atoms with Crippen molar-refractivity contribution in [2.75, 3.05) is 36.5 Å². The Bertz CT molecular complexity index is 460. The molecule has 0 spiro atoms. The van der Waals surface area contributed by atoms with E-state index in [1.54, 1.807) is 13.1 Å². The molecule has 0 aromatic carbocycles. The van der Waals surface area contributed by atoms with Crippen molar-refractivity contribution in [2.24, 2.45) is 5.92 Å². The number of aliphatic carboxylic acids is 1. The fraction of sp³-hybridized carbons (Fsp3) is 0.643. The second-order valence-corrected chi connectivity index (χ2v) is 5.38. The molecule has 2 rings (SSSR count). The van der Waals surface area contributed by atoms with Crippen LogP contribution in [-0.2, 0) is 4.79 Å². The van der Waals surface area contributed by atoms with Crippen LogP contribution in [-0.4, -0.2) is 47.7 Å². The van der Waals surface area contributed by atoms with E-state index < -0.39 is 11.9 Å². The summed E-state index contributed by atoms with van der Waals surface area (Å²) in [4.78, 5) is 23.9. The summed E-state index contributed by atoms with van der Waals surface area (Å²) in [5.74, 6) is 0.307. The Morgan fingerprint density at radius 2 is 2.15 bits per heavy atom. The smallest absolute Gasteiger partial charge is 0.308 e. The van der Waals surface area contributed by atoms with Crippen molar-refractivity contribution in [1.29, 1.82) is 0 Å². The van der Waals surface area contributed by atoms with Crippen molar-refractivity contribution in [3.8, 4) is 0 Å². The molecule has 0 saturated carbocycles. The number of piperidine rings is 1. The minimum Gasteiger partial charge on any atom is -0.481 e. The standard InChI is InChI=1S/C14H22N4O2/c1-11(13(19)20)10-17(2)12-6-7-15-14(16-12)18-8-4-3-5-9-18/h6-7,11H,3-5,8-10H2,1-2H3,(H,19,20). The van der Waals surface area contributed by atoms with E-state index in [4.69, 9.17) is 5.11 Å². The number of hydrogen-bond acceptors (Lipinski definition) is 5. The maximum Gasteiger partial charge on any atom is 0.308 e. The summed E-state index contributed by atoms with van der Waals surface area (Å²) in [6.45, 7) is 4.13. The molecular weight excluding hydrogens is 256 g/mol. The number of hydrogen-bond donors (Lipinski definition) is 1. The molecule has 0 bridgehead atoms. The molecule has 1 aliphatic rings. The molecule has 20 heavy (non-hydrogen) atoms. The summed E-state index contributed by atoms with van der Waals surface area (Å²) in [6.07, 6.45) is 5.37. The predicted molar refractivity (Wildman–Crippen MR) is 78.2 cm³/mol. The minimum absolute atomic E-state index is 0.423. The lowest BCUT2D eigenvalue weighted by molar-refractivity contribution is -0.140. The highest BCUT2D eigenvalue weighted by molar-refractivity contribution is 5.70. The third-order valence-corrected chi connectivity index (χ3v) is 3.63. The van der Waals surface area contributed by atoms with Crippen LogP contribution in [0.25, 0.3) is 0 Å². The Morgan fingerprint density at radius 3 is 2.80 bits per heavy atom. The quantitative estimate of drug-likeness (QED) is 0.882. The normalized spacial score (nSPS) is 16.8. The molecule has 0 aliphatic carbocycles. The second-order valence-electron chi connectivity index (χ2n) is 5.38. The monoisotopic (exact) mass is 278 g/mol. The fourth-order valence-corrected chi connectivity index (χ4v) is 2.38. The van der Waals surface area contributed by atoms with Gasteiger partial charge < -0.3 is 14.9 Å². The van der Waals surface area contributed by atoms with Gasteiger partial charge in [0.05, 0.1) is 5.92 Å². The lowest BCUT2D eigenvalue weighted by Gasteiger charge is -2.28. The largest absolute Gasteiger partial charge is 0.481 e. The van der Waals surface area contributed by atoms with E-state index in [2.05, 4.69) is 14.9 Å². The summed E-state index contributed by atoms with van der Waals surface area (Å²) in [7, 11) is 1.86. The molecule has 1 saturated heterocycles. The molecule has 1 fully saturated rings. The third-order valence-electron chi connectivity index (χ3n) is 3.63. The van der Waals surface area contributed by atoms with E-state index >= 15 is 0 Å². The first kappa shape index (κ1) is 14.6. The first-order valence-corrected chi connectivity index (χ1v) is 7.10. The lowest BCUT2D eigenvalue weighted by atomic mass is 10.1. The van der Waals surface area contributed by atoms with Crippen molar-refractivity contribution in [3.63, 3.8) is 0 Å². The average Bonchev–Trinajstić information content (AvgIpc) is 2.48. The van der Waals surface area contributed by atoms with Crippen molar-refractivity contribution in [2.45, 2.75) is 26.2 Å². The Kier molecular flexibility index (Phi) is 4.76. The van der Waals surface area contributed by atoms with Crippen LogP contribution < -0.4 is 9.80 Å². The van der Waals surface area contributed by atoms with Gasteiger partial charge >= 0.3 is 5.97 Å². The van der Waals surface area contributed by atoms with Gasteiger partial charge in [-0.05, 0) is 25.3 Å². The van der Waals surface area contributed by atoms with Gasteiger partial charge in [0.25, 0.3) is 0 Å². The van der Waals surface area contributed by atoms with Gasteiger partial charge in [0.2, 0.25) is 5.95 Å². The van der Waals surface area contributed by atoms with Gasteiger partial charge in [-0.15, -0.1) is 0 Å². The van der Waals surface area contributed by atoms with E-state index in [0.717, 1.165) is 24.9 Å². The Hall–Kier alpha value is -1.85. The minimum atomic E-state index is -0.790. The molecule has 2 heterocycles. The average molecular weight is 278 g/mol. The van der Waals surface area contributed by atoms with Crippen molar-refractivity contribution >= 4 is 17.7 Å². The second kappa shape index (κ2) is 6.54. The summed E-state index contributed by atoms with van der Waals surface area (Å²) in [5.41, 5.74) is 0. The van der Waals surface area contributed by atoms with Crippen LogP contribution in [0.5, 0.6) is 0 Å². The number of aromatic nitrogens is 2. The fourth-order valence-electron chi connectivity index (χ4n) is 2.38. The zero-order chi connectivity index (χ0) is 14.5. The number of anilines is 2. The molecule has 0 radical (unpaired) electrons. The Morgan fingerprint density at radius 1 is 1.45 bits per heavy atom. The van der Waals surface area contributed by atoms with E-state index in [1.807, 2.05) is 18.0 Å². The van der Waals surface area contributed by atoms with Crippen LogP contribution >= 0.6 is 0 Å². The third kappa shape index (κ3) is 3.59. The first-order valence-electron chi connectivity index (χ1n) is 7.10. The molecule has 6 heteroatoms. The number of nitrogens with zero attached hydrogens (tertiary/aromatic N) is 4. The molecule has 0 amide bonds. The van der Waals surface area contributed by atoms with Crippen molar-refractivity contribution < 1.29 is 9.90 Å². The van der Waals surface area contributed by atoms with Gasteiger partial charge in [-0.3, -0.25) is 4.79 Å². The van der Waals surface area contributed by atoms with Gasteiger partial charge in [0.15, 0.2) is 0 Å². The van der Waals surface area contributed by atoms with Crippen LogP contribution in [0.1, 0.15) is 26.2 Å². The van der Waals surface area contributed by atoms with Gasteiger partial charge in [-0.25, -0.2) is 4.98 Å². The molecule has 110 valence electrons. The molecule has 6 nitrogen and oxygen atoms in total. The summed E-state index contributed by atoms with van der Waals surface area (Å²) < 4.78 is 0. The molecule has 1 aliphatic heterocycles. The Balaban J connectivity index is 2.06. The van der Waals surface area contributed by atoms with E-state index in [1.165, 1.54) is 19.3 Å². The zero-order valence-electron chi connectivity index (χ0n) is 12.1. The number of carboxylic acid groups (broad SMARTS) is 1. The van der Waals surface area contributed by atoms with Crippen LogP contribution in [0.4, 0.5) is 11.8 Å². The number of carboxylic acids is 1. The first-order chi connectivity index (χ1) is 9.58. The van der Waals surface area contributed by atoms with Crippen molar-refractivity contribution in [3.05, 3.63) is 12.3 Å². The highest BCUT2D eigenvalue weighted by Crippen LogP contribution is 2.18. The number of rotatable bonds is 5. The maximum absolute atomic E-state index is 10.9. The maximum atomic E-state index is 10.9. The van der Waals surface area contributed by atoms with Crippen LogP contribution in [0.15, 0.2) is 12.3 Å². The summed E-state index contributed by atoms with van der Waals surface area (Å²) in [5, 5.41) is 8.97. The SMILES string of the molecule is CC(CN(C)c1ccnc(N2CCCCC2)n1)C(=O)O. The summed E-state index contributed by atoms with van der Waals surface area (Å²) >= 11 is 0. The molecule has 1 aromatic heterocycles. The highest BCUT2D eigenvalue weighted by atomic mass is 16.4.